The van der Waals surface area contributed by atoms with Crippen molar-refractivity contribution in [1.82, 2.24) is 0 Å². The number of hydrogen-bond donors (Lipinski definition) is 0. The van der Waals surface area contributed by atoms with Crippen LogP contribution in [0.2, 0.25) is 0 Å². The molecule has 0 aromatic heterocycles. The molecule has 1 aromatic rings. The number of carbonyl (C=O) groups excluding carboxylic acids is 1. The fourth-order valence-corrected chi connectivity index (χ4v) is 2.79. The molecule has 18 heavy (non-hydrogen) atoms. The van der Waals surface area contributed by atoms with Gasteiger partial charge in [-0.25, -0.2) is 0 Å². The number of aryl methyl sites for hydroxylation is 2. The monoisotopic (exact) mass is 246 g/mol. The van der Waals surface area contributed by atoms with Gasteiger partial charge in [-0.2, -0.15) is 0 Å². The van der Waals surface area contributed by atoms with E-state index in [1.54, 1.807) is 7.11 Å². The van der Waals surface area contributed by atoms with Gasteiger partial charge in [-0.1, -0.05) is 31.4 Å². The summed E-state index contributed by atoms with van der Waals surface area (Å²) >= 11 is 0. The van der Waals surface area contributed by atoms with Crippen LogP contribution in [-0.2, 0) is 4.74 Å². The largest absolute Gasteiger partial charge is 0.370 e. The Hall–Kier alpha value is -1.15. The van der Waals surface area contributed by atoms with Gasteiger partial charge in [0.15, 0.2) is 5.78 Å². The highest BCUT2D eigenvalue weighted by molar-refractivity contribution is 6.02. The van der Waals surface area contributed by atoms with Crippen LogP contribution in [0.1, 0.15) is 53.6 Å². The van der Waals surface area contributed by atoms with Crippen molar-refractivity contribution in [3.63, 3.8) is 0 Å². The first-order valence-corrected chi connectivity index (χ1v) is 6.76. The van der Waals surface area contributed by atoms with Crippen molar-refractivity contribution in [1.29, 1.82) is 0 Å². The number of benzene rings is 1. The Labute approximate surface area is 109 Å². The molecule has 0 unspecified atom stereocenters. The van der Waals surface area contributed by atoms with Gasteiger partial charge in [0.1, 0.15) is 5.60 Å². The standard InChI is InChI=1S/C16H22O2/c1-12-7-8-14(11-13(12)2)15(17)16(18-3)9-5-4-6-10-16/h7-8,11H,4-6,9-10H2,1-3H3. The first kappa shape index (κ1) is 13.3. The van der Waals surface area contributed by atoms with E-state index in [1.807, 2.05) is 25.1 Å². The molecule has 2 heteroatoms. The van der Waals surface area contributed by atoms with E-state index in [9.17, 15) is 4.79 Å². The van der Waals surface area contributed by atoms with Crippen LogP contribution in [0, 0.1) is 13.8 Å². The number of methoxy groups -OCH3 is 1. The van der Waals surface area contributed by atoms with Crippen molar-refractivity contribution in [3.8, 4) is 0 Å². The van der Waals surface area contributed by atoms with Crippen molar-refractivity contribution < 1.29 is 9.53 Å². The number of Topliss-reactive ketones (excluding diaryl/α,β-unsaturated/α-hetero) is 1. The lowest BCUT2D eigenvalue weighted by Crippen LogP contribution is -2.42. The fraction of sp³-hybridized carbons (Fsp3) is 0.562. The van der Waals surface area contributed by atoms with Gasteiger partial charge in [0.05, 0.1) is 0 Å². The fourth-order valence-electron chi connectivity index (χ4n) is 2.79. The Bertz CT molecular complexity index is 442. The number of carbonyl (C=O) groups is 1. The van der Waals surface area contributed by atoms with E-state index in [0.29, 0.717) is 0 Å². The lowest BCUT2D eigenvalue weighted by molar-refractivity contribution is -0.0194. The Morgan fingerprint density at radius 1 is 1.11 bits per heavy atom. The van der Waals surface area contributed by atoms with Crippen molar-refractivity contribution in [2.24, 2.45) is 0 Å². The van der Waals surface area contributed by atoms with Gasteiger partial charge in [-0.15, -0.1) is 0 Å². The van der Waals surface area contributed by atoms with E-state index in [-0.39, 0.29) is 5.78 Å². The zero-order chi connectivity index (χ0) is 13.2. The summed E-state index contributed by atoms with van der Waals surface area (Å²) in [6.45, 7) is 4.11. The van der Waals surface area contributed by atoms with Crippen LogP contribution >= 0.6 is 0 Å². The van der Waals surface area contributed by atoms with Crippen LogP contribution in [0.3, 0.4) is 0 Å². The van der Waals surface area contributed by atoms with E-state index in [2.05, 4.69) is 6.92 Å². The van der Waals surface area contributed by atoms with E-state index in [1.165, 1.54) is 17.5 Å². The molecule has 0 saturated heterocycles. The van der Waals surface area contributed by atoms with E-state index < -0.39 is 5.60 Å². The zero-order valence-corrected chi connectivity index (χ0v) is 11.6. The number of ether oxygens (including phenoxy) is 1. The molecule has 0 amide bonds. The predicted octanol–water partition coefficient (Wildman–Crippen LogP) is 3.84. The number of rotatable bonds is 3. The number of ketones is 1. The van der Waals surface area contributed by atoms with Gasteiger partial charge < -0.3 is 4.74 Å². The topological polar surface area (TPSA) is 26.3 Å². The second-order valence-electron chi connectivity index (χ2n) is 5.39. The maximum atomic E-state index is 12.7. The Balaban J connectivity index is 2.30. The lowest BCUT2D eigenvalue weighted by Gasteiger charge is -2.34. The SMILES string of the molecule is COC1(C(=O)c2ccc(C)c(C)c2)CCCCC1. The molecule has 0 atom stereocenters. The summed E-state index contributed by atoms with van der Waals surface area (Å²) in [6.07, 6.45) is 5.10. The van der Waals surface area contributed by atoms with Crippen LogP contribution in [0.25, 0.3) is 0 Å². The predicted molar refractivity (Wildman–Crippen MR) is 73.1 cm³/mol. The minimum Gasteiger partial charge on any atom is -0.370 e. The van der Waals surface area contributed by atoms with Crippen molar-refractivity contribution in [2.45, 2.75) is 51.6 Å². The van der Waals surface area contributed by atoms with E-state index in [4.69, 9.17) is 4.74 Å². The highest BCUT2D eigenvalue weighted by Gasteiger charge is 2.39. The summed E-state index contributed by atoms with van der Waals surface area (Å²) in [6, 6.07) is 5.95. The average Bonchev–Trinajstić information content (AvgIpc) is 2.42. The third kappa shape index (κ3) is 2.35. The summed E-state index contributed by atoms with van der Waals surface area (Å²) in [5.74, 6) is 0.160. The highest BCUT2D eigenvalue weighted by atomic mass is 16.5. The third-order valence-corrected chi connectivity index (χ3v) is 4.23. The first-order chi connectivity index (χ1) is 8.59. The maximum absolute atomic E-state index is 12.7. The van der Waals surface area contributed by atoms with E-state index >= 15 is 0 Å². The molecule has 1 aliphatic carbocycles. The summed E-state index contributed by atoms with van der Waals surface area (Å²) in [7, 11) is 1.67. The molecule has 0 spiro atoms. The van der Waals surface area contributed by atoms with Crippen LogP contribution < -0.4 is 0 Å². The Morgan fingerprint density at radius 2 is 1.78 bits per heavy atom. The van der Waals surface area contributed by atoms with Crippen molar-refractivity contribution in [2.75, 3.05) is 7.11 Å². The summed E-state index contributed by atoms with van der Waals surface area (Å²) in [4.78, 5) is 12.7. The Morgan fingerprint density at radius 3 is 2.33 bits per heavy atom. The molecular formula is C16H22O2. The maximum Gasteiger partial charge on any atom is 0.194 e. The summed E-state index contributed by atoms with van der Waals surface area (Å²) in [5, 5.41) is 0. The molecule has 0 heterocycles. The number of hydrogen-bond acceptors (Lipinski definition) is 2. The summed E-state index contributed by atoms with van der Waals surface area (Å²) in [5.41, 5.74) is 2.62. The normalized spacial score (nSPS) is 18.6. The molecule has 1 fully saturated rings. The molecule has 0 radical (unpaired) electrons. The van der Waals surface area contributed by atoms with Gasteiger partial charge in [-0.3, -0.25) is 4.79 Å². The Kier molecular flexibility index (Phi) is 3.86. The van der Waals surface area contributed by atoms with Crippen LogP contribution in [0.15, 0.2) is 18.2 Å². The molecule has 2 rings (SSSR count). The quantitative estimate of drug-likeness (QED) is 0.757. The molecule has 1 aromatic carbocycles. The molecular weight excluding hydrogens is 224 g/mol. The molecule has 2 nitrogen and oxygen atoms in total. The van der Waals surface area contributed by atoms with Crippen LogP contribution in [-0.4, -0.2) is 18.5 Å². The smallest absolute Gasteiger partial charge is 0.194 e. The van der Waals surface area contributed by atoms with Gasteiger partial charge in [0.2, 0.25) is 0 Å². The molecule has 0 aliphatic heterocycles. The third-order valence-electron chi connectivity index (χ3n) is 4.23. The van der Waals surface area contributed by atoms with E-state index in [0.717, 1.165) is 31.2 Å². The van der Waals surface area contributed by atoms with Crippen LogP contribution in [0.5, 0.6) is 0 Å². The zero-order valence-electron chi connectivity index (χ0n) is 11.6. The average molecular weight is 246 g/mol. The molecule has 98 valence electrons. The minimum absolute atomic E-state index is 0.160. The molecule has 0 bridgehead atoms. The second-order valence-corrected chi connectivity index (χ2v) is 5.39. The van der Waals surface area contributed by atoms with Gasteiger partial charge in [-0.05, 0) is 43.9 Å². The van der Waals surface area contributed by atoms with Gasteiger partial charge >= 0.3 is 0 Å². The van der Waals surface area contributed by atoms with Gasteiger partial charge in [0.25, 0.3) is 0 Å². The van der Waals surface area contributed by atoms with Crippen molar-refractivity contribution in [3.05, 3.63) is 34.9 Å². The van der Waals surface area contributed by atoms with Crippen molar-refractivity contribution >= 4 is 5.78 Å². The second kappa shape index (κ2) is 5.23. The molecule has 1 saturated carbocycles. The first-order valence-electron chi connectivity index (χ1n) is 6.76. The molecule has 1 aliphatic rings. The summed E-state index contributed by atoms with van der Waals surface area (Å²) < 4.78 is 5.62. The molecule has 0 N–H and O–H groups in total. The highest BCUT2D eigenvalue weighted by Crippen LogP contribution is 2.34. The lowest BCUT2D eigenvalue weighted by atomic mass is 9.79. The van der Waals surface area contributed by atoms with Gasteiger partial charge in [0, 0.05) is 12.7 Å². The van der Waals surface area contributed by atoms with Crippen LogP contribution in [0.4, 0.5) is 0 Å². The minimum atomic E-state index is -0.569.